The van der Waals surface area contributed by atoms with Gasteiger partial charge in [0, 0.05) is 35.0 Å². The average molecular weight is 468 g/mol. The van der Waals surface area contributed by atoms with Crippen molar-refractivity contribution in [3.63, 3.8) is 0 Å². The number of Topliss-reactive ketones (excluding diaryl/α,β-unsaturated/α-hetero) is 1. The normalized spacial score (nSPS) is 10.8. The quantitative estimate of drug-likeness (QED) is 0.283. The fraction of sp³-hybridized carbons (Fsp3) is 0.125. The lowest BCUT2D eigenvalue weighted by molar-refractivity contribution is -0.112. The number of anilines is 1. The number of nitrogens with one attached hydrogen (secondary N) is 1. The molecule has 2 aromatic heterocycles. The van der Waals surface area contributed by atoms with E-state index in [0.717, 1.165) is 5.56 Å². The van der Waals surface area contributed by atoms with Crippen LogP contribution in [0.4, 0.5) is 5.69 Å². The van der Waals surface area contributed by atoms with Crippen LogP contribution in [0.5, 0.6) is 5.75 Å². The maximum absolute atomic E-state index is 13.2. The van der Waals surface area contributed by atoms with Gasteiger partial charge in [-0.25, -0.2) is 0 Å². The molecule has 0 radical (unpaired) electrons. The van der Waals surface area contributed by atoms with Crippen LogP contribution in [0.25, 0.3) is 10.9 Å². The van der Waals surface area contributed by atoms with E-state index in [1.807, 2.05) is 31.2 Å². The van der Waals surface area contributed by atoms with Crippen molar-refractivity contribution in [2.75, 3.05) is 11.9 Å². The van der Waals surface area contributed by atoms with E-state index < -0.39 is 11.7 Å². The lowest BCUT2D eigenvalue weighted by atomic mass is 10.1. The van der Waals surface area contributed by atoms with Gasteiger partial charge in [-0.3, -0.25) is 14.6 Å². The van der Waals surface area contributed by atoms with E-state index in [1.54, 1.807) is 34.9 Å². The lowest BCUT2D eigenvalue weighted by Gasteiger charge is -2.08. The molecular weight excluding hydrogens is 449 g/mol. The number of aromatic nitrogens is 2. The molecular formula is C24H19Cl2N3O3. The number of halogens is 2. The maximum Gasteiger partial charge on any atom is 0.296 e. The fourth-order valence-corrected chi connectivity index (χ4v) is 3.90. The van der Waals surface area contributed by atoms with E-state index in [-0.39, 0.29) is 10.7 Å². The molecule has 0 bridgehead atoms. The van der Waals surface area contributed by atoms with Crippen LogP contribution in [0.15, 0.2) is 67.0 Å². The number of hydrogen-bond acceptors (Lipinski definition) is 4. The highest BCUT2D eigenvalue weighted by molar-refractivity contribution is 6.51. The molecule has 0 atom stereocenters. The lowest BCUT2D eigenvalue weighted by Crippen LogP contribution is -2.23. The Hall–Kier alpha value is -3.35. The van der Waals surface area contributed by atoms with Gasteiger partial charge in [0.05, 0.1) is 17.7 Å². The highest BCUT2D eigenvalue weighted by Gasteiger charge is 2.27. The largest absolute Gasteiger partial charge is 0.494 e. The van der Waals surface area contributed by atoms with Crippen LogP contribution >= 0.6 is 23.2 Å². The molecule has 0 unspecified atom stereocenters. The van der Waals surface area contributed by atoms with E-state index in [9.17, 15) is 9.59 Å². The number of benzene rings is 2. The number of ether oxygens (including phenoxy) is 1. The van der Waals surface area contributed by atoms with Crippen LogP contribution in [0.3, 0.4) is 0 Å². The van der Waals surface area contributed by atoms with Crippen LogP contribution in [0.2, 0.25) is 10.2 Å². The van der Waals surface area contributed by atoms with Crippen LogP contribution in [-0.2, 0) is 11.3 Å². The van der Waals surface area contributed by atoms with Crippen molar-refractivity contribution in [2.24, 2.45) is 0 Å². The molecule has 0 aliphatic heterocycles. The standard InChI is InChI=1S/C24H19Cl2N3O3/c1-2-32-18-7-8-20-19(13-18)21(22(30)24(31)28-17-9-11-27-12-10-17)23(26)29(20)14-15-3-5-16(25)6-4-15/h3-13H,2,14H2,1H3,(H,27,28,31). The van der Waals surface area contributed by atoms with Crippen molar-refractivity contribution in [1.29, 1.82) is 0 Å². The molecule has 1 amide bonds. The first-order valence-electron chi connectivity index (χ1n) is 9.92. The number of ketones is 1. The average Bonchev–Trinajstić information content (AvgIpc) is 3.06. The second-order valence-corrected chi connectivity index (χ2v) is 7.80. The second kappa shape index (κ2) is 9.42. The van der Waals surface area contributed by atoms with Gasteiger partial charge in [-0.2, -0.15) is 0 Å². The summed E-state index contributed by atoms with van der Waals surface area (Å²) in [6.45, 7) is 2.74. The topological polar surface area (TPSA) is 73.2 Å². The van der Waals surface area contributed by atoms with Crippen LogP contribution in [-0.4, -0.2) is 27.8 Å². The Morgan fingerprint density at radius 3 is 2.44 bits per heavy atom. The van der Waals surface area contributed by atoms with Crippen LogP contribution < -0.4 is 10.1 Å². The van der Waals surface area contributed by atoms with E-state index in [1.165, 1.54) is 12.4 Å². The van der Waals surface area contributed by atoms with Crippen LogP contribution in [0.1, 0.15) is 22.8 Å². The summed E-state index contributed by atoms with van der Waals surface area (Å²) in [6.07, 6.45) is 3.05. The first-order valence-corrected chi connectivity index (χ1v) is 10.7. The molecule has 8 heteroatoms. The number of amides is 1. The number of nitrogens with zero attached hydrogens (tertiary/aromatic N) is 2. The summed E-state index contributed by atoms with van der Waals surface area (Å²) in [7, 11) is 0. The van der Waals surface area contributed by atoms with Gasteiger partial charge < -0.3 is 14.6 Å². The van der Waals surface area contributed by atoms with Gasteiger partial charge in [0.25, 0.3) is 11.7 Å². The minimum absolute atomic E-state index is 0.128. The predicted octanol–water partition coefficient (Wildman–Crippen LogP) is 5.61. The highest BCUT2D eigenvalue weighted by Crippen LogP contribution is 2.34. The first-order chi connectivity index (χ1) is 15.5. The zero-order valence-corrected chi connectivity index (χ0v) is 18.7. The molecule has 0 saturated carbocycles. The highest BCUT2D eigenvalue weighted by atomic mass is 35.5. The second-order valence-electron chi connectivity index (χ2n) is 7.01. The minimum atomic E-state index is -0.787. The summed E-state index contributed by atoms with van der Waals surface area (Å²) in [5.41, 5.74) is 2.26. The summed E-state index contributed by atoms with van der Waals surface area (Å²) in [5, 5.41) is 3.95. The summed E-state index contributed by atoms with van der Waals surface area (Å²) in [4.78, 5) is 29.8. The fourth-order valence-electron chi connectivity index (χ4n) is 3.44. The predicted molar refractivity (Wildman–Crippen MR) is 126 cm³/mol. The van der Waals surface area contributed by atoms with Crippen molar-refractivity contribution < 1.29 is 14.3 Å². The SMILES string of the molecule is CCOc1ccc2c(c1)c(C(=O)C(=O)Nc1ccncc1)c(Cl)n2Cc1ccc(Cl)cc1. The monoisotopic (exact) mass is 467 g/mol. The zero-order chi connectivity index (χ0) is 22.7. The van der Waals surface area contributed by atoms with E-state index in [2.05, 4.69) is 10.3 Å². The maximum atomic E-state index is 13.2. The van der Waals surface area contributed by atoms with E-state index in [4.69, 9.17) is 27.9 Å². The van der Waals surface area contributed by atoms with Gasteiger partial charge in [0.2, 0.25) is 0 Å². The van der Waals surface area contributed by atoms with Crippen LogP contribution in [0, 0.1) is 0 Å². The van der Waals surface area contributed by atoms with Gasteiger partial charge in [-0.15, -0.1) is 0 Å². The Labute approximate surface area is 194 Å². The smallest absolute Gasteiger partial charge is 0.296 e. The molecule has 0 aliphatic carbocycles. The van der Waals surface area contributed by atoms with E-state index >= 15 is 0 Å². The third-order valence-corrected chi connectivity index (χ3v) is 5.55. The van der Waals surface area contributed by atoms with Crippen molar-refractivity contribution >= 4 is 51.5 Å². The third-order valence-electron chi connectivity index (χ3n) is 4.91. The number of carbonyl (C=O) groups is 2. The Bertz CT molecular complexity index is 1290. The van der Waals surface area contributed by atoms with Gasteiger partial charge in [-0.05, 0) is 55.0 Å². The molecule has 0 spiro atoms. The molecule has 2 heterocycles. The van der Waals surface area contributed by atoms with Gasteiger partial charge in [0.1, 0.15) is 10.9 Å². The number of fused-ring (bicyclic) bond motifs is 1. The first kappa shape index (κ1) is 21.9. The summed E-state index contributed by atoms with van der Waals surface area (Å²) >= 11 is 12.7. The molecule has 4 aromatic rings. The molecule has 2 aromatic carbocycles. The van der Waals surface area contributed by atoms with Crippen molar-refractivity contribution in [3.8, 4) is 5.75 Å². The van der Waals surface area contributed by atoms with Gasteiger partial charge in [-0.1, -0.05) is 35.3 Å². The molecule has 6 nitrogen and oxygen atoms in total. The van der Waals surface area contributed by atoms with E-state index in [0.29, 0.717) is 40.5 Å². The Morgan fingerprint density at radius 2 is 1.75 bits per heavy atom. The zero-order valence-electron chi connectivity index (χ0n) is 17.1. The summed E-state index contributed by atoms with van der Waals surface area (Å²) in [5.74, 6) is -0.935. The molecule has 32 heavy (non-hydrogen) atoms. The summed E-state index contributed by atoms with van der Waals surface area (Å²) < 4.78 is 7.39. The minimum Gasteiger partial charge on any atom is -0.494 e. The third kappa shape index (κ3) is 4.47. The van der Waals surface area contributed by atoms with Gasteiger partial charge in [0.15, 0.2) is 0 Å². The number of carbonyl (C=O) groups excluding carboxylic acids is 2. The molecule has 4 rings (SSSR count). The van der Waals surface area contributed by atoms with Crippen molar-refractivity contribution in [3.05, 3.63) is 88.3 Å². The molecule has 1 N–H and O–H groups in total. The Balaban J connectivity index is 1.78. The molecule has 0 saturated heterocycles. The number of pyridine rings is 1. The Kier molecular flexibility index (Phi) is 6.44. The number of hydrogen-bond donors (Lipinski definition) is 1. The molecule has 162 valence electrons. The van der Waals surface area contributed by atoms with Crippen molar-refractivity contribution in [1.82, 2.24) is 9.55 Å². The summed E-state index contributed by atoms with van der Waals surface area (Å²) in [6, 6.07) is 15.9. The van der Waals surface area contributed by atoms with Crippen molar-refractivity contribution in [2.45, 2.75) is 13.5 Å². The molecule has 0 aliphatic rings. The molecule has 0 fully saturated rings. The number of rotatable bonds is 7. The Morgan fingerprint density at radius 1 is 1.03 bits per heavy atom. The van der Waals surface area contributed by atoms with Gasteiger partial charge >= 0.3 is 0 Å².